The smallest absolute Gasteiger partial charge is 0.203 e. The molecule has 8 heteroatoms. The van der Waals surface area contributed by atoms with Crippen LogP contribution in [0.15, 0.2) is 41.4 Å². The maximum atomic E-state index is 6.17. The third-order valence-corrected chi connectivity index (χ3v) is 5.27. The molecule has 1 saturated carbocycles. The molecule has 2 aromatic rings. The fourth-order valence-corrected chi connectivity index (χ4v) is 3.45. The van der Waals surface area contributed by atoms with Gasteiger partial charge in [0.15, 0.2) is 17.5 Å². The van der Waals surface area contributed by atoms with E-state index in [0.29, 0.717) is 23.2 Å². The van der Waals surface area contributed by atoms with Crippen LogP contribution in [0.3, 0.4) is 0 Å². The van der Waals surface area contributed by atoms with Crippen molar-refractivity contribution in [2.45, 2.75) is 18.3 Å². The lowest BCUT2D eigenvalue weighted by molar-refractivity contribution is 0.324. The van der Waals surface area contributed by atoms with E-state index < -0.39 is 0 Å². The molecule has 1 aliphatic rings. The maximum absolute atomic E-state index is 6.17. The van der Waals surface area contributed by atoms with Gasteiger partial charge in [0.2, 0.25) is 5.75 Å². The van der Waals surface area contributed by atoms with Crippen LogP contribution in [0.4, 0.5) is 5.69 Å². The summed E-state index contributed by atoms with van der Waals surface area (Å²) in [6.07, 6.45) is 2.25. The van der Waals surface area contributed by atoms with E-state index in [-0.39, 0.29) is 29.4 Å². The van der Waals surface area contributed by atoms with Gasteiger partial charge in [-0.1, -0.05) is 23.7 Å². The number of anilines is 1. The number of ether oxygens (including phenoxy) is 3. The number of nitrogens with zero attached hydrogens (tertiary/aromatic N) is 1. The number of hydrogen-bond acceptors (Lipinski definition) is 4. The predicted octanol–water partition coefficient (Wildman–Crippen LogP) is 4.70. The van der Waals surface area contributed by atoms with Crippen LogP contribution in [0.25, 0.3) is 0 Å². The van der Waals surface area contributed by atoms with Crippen LogP contribution in [0.2, 0.25) is 5.02 Å². The van der Waals surface area contributed by atoms with Crippen LogP contribution in [-0.2, 0) is 5.41 Å². The summed E-state index contributed by atoms with van der Waals surface area (Å²) in [5, 5.41) is 7.48. The van der Waals surface area contributed by atoms with Crippen molar-refractivity contribution in [1.29, 1.82) is 0 Å². The average Bonchev–Trinajstić information content (AvgIpc) is 3.51. The topological polar surface area (TPSA) is 64.1 Å². The number of hydrogen-bond donors (Lipinski definition) is 2. The lowest BCUT2D eigenvalue weighted by atomic mass is 9.96. The summed E-state index contributed by atoms with van der Waals surface area (Å²) in [6, 6.07) is 11.8. The number of rotatable bonds is 7. The quantitative estimate of drug-likeness (QED) is 0.308. The van der Waals surface area contributed by atoms with Crippen LogP contribution in [0.5, 0.6) is 17.2 Å². The van der Waals surface area contributed by atoms with Crippen molar-refractivity contribution in [3.63, 3.8) is 0 Å². The molecule has 6 nitrogen and oxygen atoms in total. The van der Waals surface area contributed by atoms with Crippen LogP contribution in [-0.4, -0.2) is 40.9 Å². The van der Waals surface area contributed by atoms with Crippen molar-refractivity contribution in [3.05, 3.63) is 47.0 Å². The summed E-state index contributed by atoms with van der Waals surface area (Å²) in [5.41, 5.74) is 2.16. The molecule has 0 atom stereocenters. The van der Waals surface area contributed by atoms with E-state index in [1.54, 1.807) is 28.4 Å². The summed E-state index contributed by atoms with van der Waals surface area (Å²) in [5.74, 6) is 2.38. The molecule has 0 spiro atoms. The highest BCUT2D eigenvalue weighted by Gasteiger charge is 2.44. The van der Waals surface area contributed by atoms with Gasteiger partial charge >= 0.3 is 0 Å². The molecule has 0 unspecified atom stereocenters. The third kappa shape index (κ3) is 5.39. The Morgan fingerprint density at radius 2 is 1.72 bits per heavy atom. The average molecular weight is 532 g/mol. The monoisotopic (exact) mass is 531 g/mol. The Hall–Kier alpha value is -1.87. The Morgan fingerprint density at radius 3 is 2.21 bits per heavy atom. The van der Waals surface area contributed by atoms with Gasteiger partial charge in [0, 0.05) is 41.9 Å². The SMILES string of the molecule is CN=C(NCC1(c2cccc(Cl)c2)CC1)Nc1cc(OC)c(OC)c(OC)c1.I. The maximum Gasteiger partial charge on any atom is 0.203 e. The number of methoxy groups -OCH3 is 3. The van der Waals surface area contributed by atoms with Gasteiger partial charge in [0.1, 0.15) is 0 Å². The highest BCUT2D eigenvalue weighted by molar-refractivity contribution is 14.0. The molecule has 0 saturated heterocycles. The van der Waals surface area contributed by atoms with Crippen molar-refractivity contribution in [2.24, 2.45) is 4.99 Å². The molecule has 0 aliphatic heterocycles. The first kappa shape index (κ1) is 23.4. The fraction of sp³-hybridized carbons (Fsp3) is 0.381. The molecular weight excluding hydrogens is 505 g/mol. The minimum atomic E-state index is 0. The molecule has 29 heavy (non-hydrogen) atoms. The summed E-state index contributed by atoms with van der Waals surface area (Å²) >= 11 is 6.17. The van der Waals surface area contributed by atoms with E-state index >= 15 is 0 Å². The van der Waals surface area contributed by atoms with Gasteiger partial charge < -0.3 is 24.8 Å². The van der Waals surface area contributed by atoms with Gasteiger partial charge in [-0.2, -0.15) is 0 Å². The van der Waals surface area contributed by atoms with E-state index in [0.717, 1.165) is 30.1 Å². The van der Waals surface area contributed by atoms with Crippen molar-refractivity contribution in [1.82, 2.24) is 5.32 Å². The van der Waals surface area contributed by atoms with E-state index in [2.05, 4.69) is 21.7 Å². The van der Waals surface area contributed by atoms with Gasteiger partial charge in [0.25, 0.3) is 0 Å². The molecule has 2 N–H and O–H groups in total. The molecule has 1 fully saturated rings. The number of nitrogens with one attached hydrogen (secondary N) is 2. The molecule has 0 bridgehead atoms. The molecule has 158 valence electrons. The second kappa shape index (κ2) is 10.2. The van der Waals surface area contributed by atoms with Gasteiger partial charge in [0.05, 0.1) is 21.3 Å². The first-order valence-corrected chi connectivity index (χ1v) is 9.47. The first-order valence-electron chi connectivity index (χ1n) is 9.09. The lowest BCUT2D eigenvalue weighted by Gasteiger charge is -2.20. The molecule has 2 aromatic carbocycles. The normalized spacial score (nSPS) is 14.4. The zero-order valence-electron chi connectivity index (χ0n) is 17.0. The number of halogens is 2. The Labute approximate surface area is 194 Å². The molecular formula is C21H27ClIN3O3. The highest BCUT2D eigenvalue weighted by atomic mass is 127. The van der Waals surface area contributed by atoms with Crippen molar-refractivity contribution >= 4 is 47.2 Å². The van der Waals surface area contributed by atoms with E-state index in [9.17, 15) is 0 Å². The highest BCUT2D eigenvalue weighted by Crippen LogP contribution is 2.48. The Morgan fingerprint density at radius 1 is 1.07 bits per heavy atom. The molecule has 3 rings (SSSR count). The Kier molecular flexibility index (Phi) is 8.27. The van der Waals surface area contributed by atoms with Crippen molar-refractivity contribution in [2.75, 3.05) is 40.2 Å². The Balaban J connectivity index is 0.00000300. The van der Waals surface area contributed by atoms with E-state index in [4.69, 9.17) is 25.8 Å². The van der Waals surface area contributed by atoms with E-state index in [1.807, 2.05) is 30.3 Å². The van der Waals surface area contributed by atoms with Crippen LogP contribution < -0.4 is 24.8 Å². The van der Waals surface area contributed by atoms with Crippen molar-refractivity contribution < 1.29 is 14.2 Å². The molecule has 0 heterocycles. The minimum Gasteiger partial charge on any atom is -0.493 e. The van der Waals surface area contributed by atoms with Gasteiger partial charge in [-0.3, -0.25) is 4.99 Å². The predicted molar refractivity (Wildman–Crippen MR) is 129 cm³/mol. The molecule has 0 radical (unpaired) electrons. The molecule has 0 amide bonds. The second-order valence-corrected chi connectivity index (χ2v) is 7.19. The second-order valence-electron chi connectivity index (χ2n) is 6.76. The summed E-state index contributed by atoms with van der Waals surface area (Å²) in [7, 11) is 6.51. The number of aliphatic imine (C=N–C) groups is 1. The van der Waals surface area contributed by atoms with E-state index in [1.165, 1.54) is 5.56 Å². The fourth-order valence-electron chi connectivity index (χ4n) is 3.26. The number of benzene rings is 2. The molecule has 1 aliphatic carbocycles. The lowest BCUT2D eigenvalue weighted by Crippen LogP contribution is -2.36. The van der Waals surface area contributed by atoms with Gasteiger partial charge in [-0.15, -0.1) is 24.0 Å². The number of guanidine groups is 1. The molecule has 0 aromatic heterocycles. The van der Waals surface area contributed by atoms with Crippen LogP contribution in [0.1, 0.15) is 18.4 Å². The largest absolute Gasteiger partial charge is 0.493 e. The van der Waals surface area contributed by atoms with Gasteiger partial charge in [-0.25, -0.2) is 0 Å². The summed E-state index contributed by atoms with van der Waals surface area (Å²) in [4.78, 5) is 4.33. The minimum absolute atomic E-state index is 0. The zero-order chi connectivity index (χ0) is 20.1. The third-order valence-electron chi connectivity index (χ3n) is 5.04. The summed E-state index contributed by atoms with van der Waals surface area (Å²) < 4.78 is 16.2. The standard InChI is InChI=1S/C21H26ClN3O3.HI/c1-23-20(24-13-21(8-9-21)14-6-5-7-15(22)10-14)25-16-11-17(26-2)19(28-4)18(12-16)27-3;/h5-7,10-12H,8-9,13H2,1-4H3,(H2,23,24,25);1H. The zero-order valence-corrected chi connectivity index (χ0v) is 20.1. The van der Waals surface area contributed by atoms with Crippen molar-refractivity contribution in [3.8, 4) is 17.2 Å². The Bertz CT molecular complexity index is 847. The first-order chi connectivity index (χ1) is 13.5. The summed E-state index contributed by atoms with van der Waals surface area (Å²) in [6.45, 7) is 0.775. The van der Waals surface area contributed by atoms with Gasteiger partial charge in [-0.05, 0) is 30.5 Å². The van der Waals surface area contributed by atoms with Crippen LogP contribution >= 0.6 is 35.6 Å². The van der Waals surface area contributed by atoms with Crippen LogP contribution in [0, 0.1) is 0 Å².